The van der Waals surface area contributed by atoms with E-state index < -0.39 is 0 Å². The average molecular weight is 219 g/mol. The molecule has 16 heavy (non-hydrogen) atoms. The van der Waals surface area contributed by atoms with Gasteiger partial charge in [-0.3, -0.25) is 0 Å². The molecule has 0 atom stereocenters. The van der Waals surface area contributed by atoms with Crippen molar-refractivity contribution in [2.75, 3.05) is 7.05 Å². The van der Waals surface area contributed by atoms with Crippen molar-refractivity contribution < 1.29 is 0 Å². The Morgan fingerprint density at radius 1 is 1.19 bits per heavy atom. The fraction of sp³-hybridized carbons (Fsp3) is 0.467. The van der Waals surface area contributed by atoms with Gasteiger partial charge in [0.1, 0.15) is 0 Å². The third-order valence-corrected chi connectivity index (χ3v) is 3.04. The van der Waals surface area contributed by atoms with Crippen LogP contribution in [0, 0.1) is 0 Å². The number of hydrogen-bond donors (Lipinski definition) is 1. The molecule has 0 fully saturated rings. The first-order chi connectivity index (χ1) is 7.49. The molecule has 0 spiro atoms. The molecular formula is C15H25N. The number of allylic oxidation sites excluding steroid dienone is 6. The van der Waals surface area contributed by atoms with Crippen LogP contribution in [0.5, 0.6) is 0 Å². The van der Waals surface area contributed by atoms with Gasteiger partial charge in [0.2, 0.25) is 0 Å². The van der Waals surface area contributed by atoms with Crippen LogP contribution in [0.4, 0.5) is 0 Å². The van der Waals surface area contributed by atoms with Crippen LogP contribution in [0.3, 0.4) is 0 Å². The smallest absolute Gasteiger partial charge is 0.0297 e. The van der Waals surface area contributed by atoms with Crippen molar-refractivity contribution in [1.29, 1.82) is 0 Å². The molecule has 90 valence electrons. The molecule has 0 amide bonds. The predicted molar refractivity (Wildman–Crippen MR) is 74.4 cm³/mol. The van der Waals surface area contributed by atoms with Crippen LogP contribution in [0.1, 0.15) is 41.0 Å². The Kier molecular flexibility index (Phi) is 6.55. The second-order valence-electron chi connectivity index (χ2n) is 4.03. The Labute approximate surface area is 101 Å². The Bertz CT molecular complexity index is 340. The van der Waals surface area contributed by atoms with Crippen molar-refractivity contribution in [3.05, 3.63) is 46.7 Å². The zero-order valence-corrected chi connectivity index (χ0v) is 11.6. The van der Waals surface area contributed by atoms with Crippen LogP contribution in [0.2, 0.25) is 0 Å². The molecule has 0 aromatic heterocycles. The summed E-state index contributed by atoms with van der Waals surface area (Å²) in [5.74, 6) is 0. The van der Waals surface area contributed by atoms with E-state index in [-0.39, 0.29) is 0 Å². The minimum Gasteiger partial charge on any atom is -0.388 e. The van der Waals surface area contributed by atoms with Crippen LogP contribution in [0.25, 0.3) is 0 Å². The topological polar surface area (TPSA) is 12.0 Å². The van der Waals surface area contributed by atoms with Crippen LogP contribution in [0.15, 0.2) is 46.7 Å². The van der Waals surface area contributed by atoms with E-state index in [0.717, 1.165) is 12.1 Å². The third-order valence-electron chi connectivity index (χ3n) is 3.04. The lowest BCUT2D eigenvalue weighted by molar-refractivity contribution is 0.990. The number of rotatable bonds is 5. The fourth-order valence-electron chi connectivity index (χ4n) is 1.56. The maximum Gasteiger partial charge on any atom is 0.0297 e. The van der Waals surface area contributed by atoms with Crippen LogP contribution in [-0.4, -0.2) is 7.05 Å². The standard InChI is InChI=1S/C15H25N/c1-8-10-15(11(3)9-2)13(5)12(4)14(6)16-7/h8,10,16H,6,9H2,1-5,7H3/b10-8-,13-12-,15-11+. The summed E-state index contributed by atoms with van der Waals surface area (Å²) < 4.78 is 0. The number of likely N-dealkylation sites (N-methyl/N-ethyl adjacent to an activating group) is 1. The lowest BCUT2D eigenvalue weighted by Crippen LogP contribution is -2.07. The molecule has 0 aliphatic heterocycles. The highest BCUT2D eigenvalue weighted by atomic mass is 14.8. The van der Waals surface area contributed by atoms with E-state index in [4.69, 9.17) is 0 Å². The molecule has 0 aromatic rings. The van der Waals surface area contributed by atoms with Crippen LogP contribution in [-0.2, 0) is 0 Å². The third kappa shape index (κ3) is 3.73. The molecule has 0 radical (unpaired) electrons. The Balaban J connectivity index is 5.49. The van der Waals surface area contributed by atoms with Gasteiger partial charge >= 0.3 is 0 Å². The summed E-state index contributed by atoms with van der Waals surface area (Å²) in [5, 5.41) is 3.10. The normalized spacial score (nSPS) is 14.6. The molecule has 1 heteroatoms. The minimum absolute atomic E-state index is 0.989. The first kappa shape index (κ1) is 14.8. The van der Waals surface area contributed by atoms with Crippen molar-refractivity contribution in [2.45, 2.75) is 41.0 Å². The van der Waals surface area contributed by atoms with E-state index >= 15 is 0 Å². The summed E-state index contributed by atoms with van der Waals surface area (Å²) in [6, 6.07) is 0. The SMILES string of the molecule is C=C(NC)\C(C)=C(C)/C(/C=C\C)=C(\C)CC. The highest BCUT2D eigenvalue weighted by Crippen LogP contribution is 2.23. The van der Waals surface area contributed by atoms with E-state index in [1.807, 2.05) is 7.05 Å². The summed E-state index contributed by atoms with van der Waals surface area (Å²) in [7, 11) is 1.91. The molecule has 0 saturated heterocycles. The van der Waals surface area contributed by atoms with Gasteiger partial charge in [-0.25, -0.2) is 0 Å². The Morgan fingerprint density at radius 3 is 2.12 bits per heavy atom. The second kappa shape index (κ2) is 7.10. The minimum atomic E-state index is 0.989. The van der Waals surface area contributed by atoms with E-state index in [0.29, 0.717) is 0 Å². The van der Waals surface area contributed by atoms with Gasteiger partial charge in [0, 0.05) is 12.7 Å². The van der Waals surface area contributed by atoms with E-state index in [2.05, 4.69) is 58.7 Å². The molecule has 0 aliphatic carbocycles. The largest absolute Gasteiger partial charge is 0.388 e. The molecule has 0 unspecified atom stereocenters. The van der Waals surface area contributed by atoms with Crippen molar-refractivity contribution in [1.82, 2.24) is 5.32 Å². The van der Waals surface area contributed by atoms with Gasteiger partial charge in [-0.2, -0.15) is 0 Å². The summed E-state index contributed by atoms with van der Waals surface area (Å²) in [4.78, 5) is 0. The van der Waals surface area contributed by atoms with Gasteiger partial charge < -0.3 is 5.32 Å². The quantitative estimate of drug-likeness (QED) is 0.677. The Morgan fingerprint density at radius 2 is 1.75 bits per heavy atom. The molecular weight excluding hydrogens is 194 g/mol. The number of hydrogen-bond acceptors (Lipinski definition) is 1. The van der Waals surface area contributed by atoms with Crippen molar-refractivity contribution in [2.24, 2.45) is 0 Å². The molecule has 0 rings (SSSR count). The summed E-state index contributed by atoms with van der Waals surface area (Å²) >= 11 is 0. The fourth-order valence-corrected chi connectivity index (χ4v) is 1.56. The molecule has 1 N–H and O–H groups in total. The zero-order chi connectivity index (χ0) is 12.7. The average Bonchev–Trinajstić information content (AvgIpc) is 2.32. The van der Waals surface area contributed by atoms with Crippen LogP contribution < -0.4 is 5.32 Å². The second-order valence-corrected chi connectivity index (χ2v) is 4.03. The molecule has 1 nitrogen and oxygen atoms in total. The van der Waals surface area contributed by atoms with Gasteiger partial charge in [-0.15, -0.1) is 0 Å². The van der Waals surface area contributed by atoms with E-state index in [1.54, 1.807) is 0 Å². The highest BCUT2D eigenvalue weighted by Gasteiger charge is 2.05. The van der Waals surface area contributed by atoms with Crippen molar-refractivity contribution in [3.63, 3.8) is 0 Å². The van der Waals surface area contributed by atoms with Gasteiger partial charge in [0.15, 0.2) is 0 Å². The predicted octanol–water partition coefficient (Wildman–Crippen LogP) is 4.36. The van der Waals surface area contributed by atoms with Crippen molar-refractivity contribution >= 4 is 0 Å². The Hall–Kier alpha value is -1.24. The van der Waals surface area contributed by atoms with Gasteiger partial charge in [-0.1, -0.05) is 31.2 Å². The van der Waals surface area contributed by atoms with E-state index in [9.17, 15) is 0 Å². The van der Waals surface area contributed by atoms with E-state index in [1.165, 1.54) is 22.3 Å². The molecule has 0 bridgehead atoms. The lowest BCUT2D eigenvalue weighted by Gasteiger charge is -2.14. The monoisotopic (exact) mass is 219 g/mol. The van der Waals surface area contributed by atoms with Gasteiger partial charge in [0.25, 0.3) is 0 Å². The van der Waals surface area contributed by atoms with Gasteiger partial charge in [-0.05, 0) is 50.8 Å². The summed E-state index contributed by atoms with van der Waals surface area (Å²) in [5.41, 5.74) is 6.27. The first-order valence-corrected chi connectivity index (χ1v) is 5.86. The molecule has 0 heterocycles. The summed E-state index contributed by atoms with van der Waals surface area (Å²) in [6.07, 6.45) is 5.35. The van der Waals surface area contributed by atoms with Crippen molar-refractivity contribution in [3.8, 4) is 0 Å². The lowest BCUT2D eigenvalue weighted by atomic mass is 9.95. The van der Waals surface area contributed by atoms with Crippen LogP contribution >= 0.6 is 0 Å². The van der Waals surface area contributed by atoms with Gasteiger partial charge in [0.05, 0.1) is 0 Å². The highest BCUT2D eigenvalue weighted by molar-refractivity contribution is 5.48. The molecule has 0 saturated carbocycles. The summed E-state index contributed by atoms with van der Waals surface area (Å²) in [6.45, 7) is 14.7. The first-order valence-electron chi connectivity index (χ1n) is 5.86. The maximum atomic E-state index is 4.01. The number of nitrogens with one attached hydrogen (secondary N) is 1. The molecule has 0 aromatic carbocycles. The molecule has 0 aliphatic rings. The zero-order valence-electron chi connectivity index (χ0n) is 11.6. The maximum absolute atomic E-state index is 4.01.